The molecule has 0 heterocycles. The Morgan fingerprint density at radius 3 is 2.75 bits per heavy atom. The van der Waals surface area contributed by atoms with Gasteiger partial charge in [-0.25, -0.2) is 4.39 Å². The van der Waals surface area contributed by atoms with E-state index in [2.05, 4.69) is 0 Å². The fraction of sp³-hybridized carbons (Fsp3) is 0.125. The van der Waals surface area contributed by atoms with Crippen molar-refractivity contribution in [1.82, 2.24) is 0 Å². The number of phenolic OH excluding ortho intramolecular Hbond substituents is 1. The van der Waals surface area contributed by atoms with E-state index in [9.17, 15) is 14.3 Å². The molecule has 1 rings (SSSR count). The van der Waals surface area contributed by atoms with Crippen molar-refractivity contribution >= 4 is 5.97 Å². The Labute approximate surface area is 68.1 Å². The largest absolute Gasteiger partial charge is 0.550 e. The minimum atomic E-state index is -1.26. The maximum atomic E-state index is 12.4. The Bertz CT molecular complexity index is 309. The van der Waals surface area contributed by atoms with Gasteiger partial charge in [-0.05, 0) is 17.7 Å². The number of phenols is 1. The van der Waals surface area contributed by atoms with Crippen LogP contribution in [-0.4, -0.2) is 11.1 Å². The van der Waals surface area contributed by atoms with E-state index in [0.717, 1.165) is 12.1 Å². The van der Waals surface area contributed by atoms with Crippen LogP contribution in [0.5, 0.6) is 5.75 Å². The van der Waals surface area contributed by atoms with Crippen LogP contribution in [0.4, 0.5) is 4.39 Å². The van der Waals surface area contributed by atoms with Crippen LogP contribution in [0.2, 0.25) is 0 Å². The summed E-state index contributed by atoms with van der Waals surface area (Å²) in [7, 11) is 0. The molecule has 0 aliphatic heterocycles. The topological polar surface area (TPSA) is 60.4 Å². The maximum Gasteiger partial charge on any atom is 0.164 e. The van der Waals surface area contributed by atoms with Gasteiger partial charge in [-0.3, -0.25) is 0 Å². The molecule has 1 N–H and O–H groups in total. The van der Waals surface area contributed by atoms with E-state index < -0.39 is 17.5 Å². The lowest BCUT2D eigenvalue weighted by atomic mass is 10.1. The summed E-state index contributed by atoms with van der Waals surface area (Å²) in [5.74, 6) is -2.58. The van der Waals surface area contributed by atoms with E-state index in [1.165, 1.54) is 6.07 Å². The summed E-state index contributed by atoms with van der Waals surface area (Å²) >= 11 is 0. The van der Waals surface area contributed by atoms with E-state index in [0.29, 0.717) is 5.56 Å². The first kappa shape index (κ1) is 8.52. The molecule has 0 spiro atoms. The lowest BCUT2D eigenvalue weighted by Crippen LogP contribution is -2.24. The van der Waals surface area contributed by atoms with Gasteiger partial charge >= 0.3 is 0 Å². The summed E-state index contributed by atoms with van der Waals surface area (Å²) in [6.45, 7) is 0. The Hall–Kier alpha value is -1.58. The third kappa shape index (κ3) is 1.95. The highest BCUT2D eigenvalue weighted by atomic mass is 19.1. The molecule has 0 aliphatic rings. The molecule has 0 aromatic heterocycles. The van der Waals surface area contributed by atoms with Crippen LogP contribution in [0.1, 0.15) is 5.56 Å². The lowest BCUT2D eigenvalue weighted by molar-refractivity contribution is -0.304. The van der Waals surface area contributed by atoms with Gasteiger partial charge < -0.3 is 15.0 Å². The zero-order valence-corrected chi connectivity index (χ0v) is 6.08. The summed E-state index contributed by atoms with van der Waals surface area (Å²) in [5.41, 5.74) is 0.314. The van der Waals surface area contributed by atoms with Crippen LogP contribution in [0.3, 0.4) is 0 Å². The Morgan fingerprint density at radius 1 is 1.58 bits per heavy atom. The number of rotatable bonds is 2. The Balaban J connectivity index is 2.89. The van der Waals surface area contributed by atoms with Crippen LogP contribution in [-0.2, 0) is 11.2 Å². The number of halogens is 1. The molecule has 0 aliphatic carbocycles. The van der Waals surface area contributed by atoms with Gasteiger partial charge in [-0.15, -0.1) is 0 Å². The number of hydrogen-bond acceptors (Lipinski definition) is 3. The van der Waals surface area contributed by atoms with E-state index in [1.54, 1.807) is 0 Å². The van der Waals surface area contributed by atoms with Gasteiger partial charge in [0.15, 0.2) is 11.6 Å². The van der Waals surface area contributed by atoms with Gasteiger partial charge in [0.1, 0.15) is 0 Å². The zero-order chi connectivity index (χ0) is 9.14. The highest BCUT2D eigenvalue weighted by Crippen LogP contribution is 2.16. The molecular formula is C8H6FO3-. The number of aliphatic carboxylic acids is 1. The predicted octanol–water partition coefficient (Wildman–Crippen LogP) is -0.176. The highest BCUT2D eigenvalue weighted by Gasteiger charge is 2.00. The first-order valence-corrected chi connectivity index (χ1v) is 3.27. The average molecular weight is 169 g/mol. The van der Waals surface area contributed by atoms with Gasteiger partial charge in [0, 0.05) is 12.4 Å². The van der Waals surface area contributed by atoms with Crippen LogP contribution in [0, 0.1) is 5.82 Å². The summed E-state index contributed by atoms with van der Waals surface area (Å²) in [6.07, 6.45) is -0.326. The van der Waals surface area contributed by atoms with Crippen molar-refractivity contribution in [3.63, 3.8) is 0 Å². The van der Waals surface area contributed by atoms with Crippen molar-refractivity contribution < 1.29 is 19.4 Å². The van der Waals surface area contributed by atoms with E-state index >= 15 is 0 Å². The van der Waals surface area contributed by atoms with Crippen molar-refractivity contribution in [1.29, 1.82) is 0 Å². The van der Waals surface area contributed by atoms with Gasteiger partial charge in [-0.2, -0.15) is 0 Å². The Kier molecular flexibility index (Phi) is 2.28. The number of carboxylic acid groups (broad SMARTS) is 1. The lowest BCUT2D eigenvalue weighted by Gasteiger charge is -2.02. The van der Waals surface area contributed by atoms with Crippen LogP contribution in [0.15, 0.2) is 18.2 Å². The molecule has 0 fully saturated rings. The second kappa shape index (κ2) is 3.21. The maximum absolute atomic E-state index is 12.4. The van der Waals surface area contributed by atoms with Crippen molar-refractivity contribution in [2.75, 3.05) is 0 Å². The molecular weight excluding hydrogens is 163 g/mol. The van der Waals surface area contributed by atoms with Crippen molar-refractivity contribution in [2.24, 2.45) is 0 Å². The first-order valence-electron chi connectivity index (χ1n) is 3.27. The predicted molar refractivity (Wildman–Crippen MR) is 36.8 cm³/mol. The smallest absolute Gasteiger partial charge is 0.164 e. The van der Waals surface area contributed by atoms with Gasteiger partial charge in [-0.1, -0.05) is 6.07 Å². The van der Waals surface area contributed by atoms with Crippen LogP contribution >= 0.6 is 0 Å². The van der Waals surface area contributed by atoms with Crippen LogP contribution < -0.4 is 5.11 Å². The second-order valence-electron chi connectivity index (χ2n) is 2.33. The van der Waals surface area contributed by atoms with Crippen LogP contribution in [0.25, 0.3) is 0 Å². The van der Waals surface area contributed by atoms with E-state index in [4.69, 9.17) is 5.11 Å². The molecule has 0 radical (unpaired) electrons. The number of hydrogen-bond donors (Lipinski definition) is 1. The molecule has 0 unspecified atom stereocenters. The van der Waals surface area contributed by atoms with E-state index in [-0.39, 0.29) is 6.42 Å². The number of carbonyl (C=O) groups is 1. The van der Waals surface area contributed by atoms with Gasteiger partial charge in [0.2, 0.25) is 0 Å². The SMILES string of the molecule is O=C([O-])Cc1ccc(F)c(O)c1. The third-order valence-corrected chi connectivity index (χ3v) is 1.36. The molecule has 0 atom stereocenters. The van der Waals surface area contributed by atoms with Gasteiger partial charge in [0.25, 0.3) is 0 Å². The minimum absolute atomic E-state index is 0.314. The molecule has 0 saturated carbocycles. The zero-order valence-electron chi connectivity index (χ0n) is 6.08. The minimum Gasteiger partial charge on any atom is -0.550 e. The molecule has 1 aromatic rings. The second-order valence-corrected chi connectivity index (χ2v) is 2.33. The highest BCUT2D eigenvalue weighted by molar-refractivity contribution is 5.68. The molecule has 12 heavy (non-hydrogen) atoms. The monoisotopic (exact) mass is 169 g/mol. The normalized spacial score (nSPS) is 9.75. The quantitative estimate of drug-likeness (QED) is 0.668. The van der Waals surface area contributed by atoms with Crippen molar-refractivity contribution in [3.8, 4) is 5.75 Å². The summed E-state index contributed by atoms with van der Waals surface area (Å²) in [4.78, 5) is 10.1. The fourth-order valence-electron chi connectivity index (χ4n) is 0.835. The fourth-order valence-corrected chi connectivity index (χ4v) is 0.835. The number of carbonyl (C=O) groups excluding carboxylic acids is 1. The molecule has 0 amide bonds. The third-order valence-electron chi connectivity index (χ3n) is 1.36. The van der Waals surface area contributed by atoms with Gasteiger partial charge in [0.05, 0.1) is 0 Å². The molecule has 3 nitrogen and oxygen atoms in total. The molecule has 4 heteroatoms. The molecule has 64 valence electrons. The summed E-state index contributed by atoms with van der Waals surface area (Å²) in [6, 6.07) is 3.35. The standard InChI is InChI=1S/C8H7FO3/c9-6-2-1-5(3-7(6)10)4-8(11)12/h1-3,10H,4H2,(H,11,12)/p-1. The Morgan fingerprint density at radius 2 is 2.25 bits per heavy atom. The average Bonchev–Trinajstić information content (AvgIpc) is 1.96. The summed E-state index contributed by atoms with van der Waals surface area (Å²) < 4.78 is 12.4. The van der Waals surface area contributed by atoms with Crippen molar-refractivity contribution in [3.05, 3.63) is 29.6 Å². The molecule has 0 bridgehead atoms. The molecule has 0 saturated heterocycles. The molecule has 1 aromatic carbocycles. The summed E-state index contributed by atoms with van der Waals surface area (Å²) in [5, 5.41) is 18.9. The number of aromatic hydroxyl groups is 1. The number of benzene rings is 1. The first-order chi connectivity index (χ1) is 5.59. The van der Waals surface area contributed by atoms with Crippen molar-refractivity contribution in [2.45, 2.75) is 6.42 Å². The van der Waals surface area contributed by atoms with E-state index in [1.807, 2.05) is 0 Å². The number of carboxylic acids is 1.